The van der Waals surface area contributed by atoms with Gasteiger partial charge in [-0.3, -0.25) is 5.32 Å². The van der Waals surface area contributed by atoms with Crippen molar-refractivity contribution in [2.45, 2.75) is 45.3 Å². The van der Waals surface area contributed by atoms with Gasteiger partial charge in [0.1, 0.15) is 5.60 Å². The topological polar surface area (TPSA) is 67.0 Å². The van der Waals surface area contributed by atoms with Crippen LogP contribution in [-0.2, 0) is 10.3 Å². The number of hydrogen-bond acceptors (Lipinski definition) is 3. The zero-order valence-corrected chi connectivity index (χ0v) is 18.9. The molecule has 1 heterocycles. The number of nitrogens with one attached hydrogen (secondary N) is 1. The summed E-state index contributed by atoms with van der Waals surface area (Å²) in [6, 6.07) is 17.5. The number of carbonyl (C=O) groups excluding carboxylic acids is 1. The lowest BCUT2D eigenvalue weighted by atomic mass is 9.86. The number of nitrogens with zero attached hydrogens (tertiary/aromatic N) is 2. The molecule has 3 aromatic rings. The lowest BCUT2D eigenvalue weighted by Crippen LogP contribution is -2.31. The van der Waals surface area contributed by atoms with Crippen molar-refractivity contribution < 1.29 is 9.53 Å². The van der Waals surface area contributed by atoms with E-state index in [0.717, 1.165) is 16.5 Å². The summed E-state index contributed by atoms with van der Waals surface area (Å²) in [6.45, 7) is 7.55. The highest BCUT2D eigenvalue weighted by molar-refractivity contribution is 6.30. The average molecular weight is 436 g/mol. The number of amides is 1. The summed E-state index contributed by atoms with van der Waals surface area (Å²) in [5, 5.41) is 13.6. The van der Waals surface area contributed by atoms with Gasteiger partial charge in [-0.1, -0.05) is 36.7 Å². The second-order valence-corrected chi connectivity index (χ2v) is 8.73. The van der Waals surface area contributed by atoms with Crippen LogP contribution in [0.4, 0.5) is 10.5 Å². The van der Waals surface area contributed by atoms with Crippen LogP contribution in [0.15, 0.2) is 66.9 Å². The van der Waals surface area contributed by atoms with Crippen molar-refractivity contribution in [2.24, 2.45) is 0 Å². The summed E-state index contributed by atoms with van der Waals surface area (Å²) in [5.41, 5.74) is 1.42. The maximum absolute atomic E-state index is 12.3. The second kappa shape index (κ2) is 8.87. The molecular weight excluding hydrogens is 410 g/mol. The Morgan fingerprint density at radius 3 is 2.52 bits per heavy atom. The Bertz CT molecular complexity index is 1150. The van der Waals surface area contributed by atoms with Gasteiger partial charge in [-0.05, 0) is 69.2 Å². The Morgan fingerprint density at radius 2 is 1.90 bits per heavy atom. The van der Waals surface area contributed by atoms with E-state index in [1.807, 2.05) is 81.6 Å². The number of anilines is 1. The summed E-state index contributed by atoms with van der Waals surface area (Å²) in [6.07, 6.45) is 5.60. The molecule has 1 aromatic heterocycles. The third-order valence-electron chi connectivity index (χ3n) is 5.12. The van der Waals surface area contributed by atoms with Gasteiger partial charge >= 0.3 is 6.09 Å². The number of benzene rings is 2. The SMILES string of the molecule is CCC(C=CC#N)(c1ccc(Cl)cc1)n1ccc2c(NC(=O)OC(C)(C)C)cccc21. The van der Waals surface area contributed by atoms with E-state index in [0.29, 0.717) is 17.1 Å². The predicted molar refractivity (Wildman–Crippen MR) is 125 cm³/mol. The standard InChI is InChI=1S/C25H26ClN3O2/c1-5-25(15-7-16-27,18-10-12-19(26)13-11-18)29-17-14-20-21(8-6-9-22(20)29)28-23(30)31-24(2,3)4/h6-15,17H,5H2,1-4H3,(H,28,30). The van der Waals surface area contributed by atoms with Crippen molar-refractivity contribution >= 4 is 34.3 Å². The zero-order valence-electron chi connectivity index (χ0n) is 18.1. The summed E-state index contributed by atoms with van der Waals surface area (Å²) >= 11 is 6.11. The van der Waals surface area contributed by atoms with Gasteiger partial charge in [-0.25, -0.2) is 4.79 Å². The molecule has 5 nitrogen and oxygen atoms in total. The molecule has 2 aromatic carbocycles. The Labute approximate surface area is 187 Å². The molecule has 160 valence electrons. The first kappa shape index (κ1) is 22.5. The molecule has 0 aliphatic carbocycles. The molecule has 0 bridgehead atoms. The van der Waals surface area contributed by atoms with E-state index < -0.39 is 17.2 Å². The van der Waals surface area contributed by atoms with Crippen molar-refractivity contribution in [3.05, 3.63) is 77.5 Å². The highest BCUT2D eigenvalue weighted by Crippen LogP contribution is 2.37. The molecule has 1 unspecified atom stereocenters. The van der Waals surface area contributed by atoms with Crippen LogP contribution in [0.2, 0.25) is 5.02 Å². The van der Waals surface area contributed by atoms with Crippen LogP contribution in [0.5, 0.6) is 0 Å². The van der Waals surface area contributed by atoms with Gasteiger partial charge in [0, 0.05) is 22.7 Å². The number of nitriles is 1. The Balaban J connectivity index is 2.13. The minimum atomic E-state index is -0.591. The Morgan fingerprint density at radius 1 is 1.19 bits per heavy atom. The van der Waals surface area contributed by atoms with E-state index in [4.69, 9.17) is 16.3 Å². The van der Waals surface area contributed by atoms with Gasteiger partial charge in [0.2, 0.25) is 0 Å². The van der Waals surface area contributed by atoms with Crippen LogP contribution in [0.3, 0.4) is 0 Å². The van der Waals surface area contributed by atoms with Gasteiger partial charge < -0.3 is 9.30 Å². The number of rotatable bonds is 5. The van der Waals surface area contributed by atoms with E-state index in [2.05, 4.69) is 22.9 Å². The van der Waals surface area contributed by atoms with Crippen LogP contribution in [-0.4, -0.2) is 16.3 Å². The first-order valence-electron chi connectivity index (χ1n) is 10.1. The first-order valence-corrected chi connectivity index (χ1v) is 10.5. The molecule has 0 fully saturated rings. The monoisotopic (exact) mass is 435 g/mol. The molecule has 0 radical (unpaired) electrons. The molecule has 0 spiro atoms. The summed E-state index contributed by atoms with van der Waals surface area (Å²) in [7, 11) is 0. The Hall–Kier alpha value is -3.23. The molecule has 0 aliphatic rings. The van der Waals surface area contributed by atoms with E-state index in [1.165, 1.54) is 6.08 Å². The van der Waals surface area contributed by atoms with E-state index in [9.17, 15) is 10.1 Å². The molecule has 1 amide bonds. The number of carbonyl (C=O) groups is 1. The zero-order chi connectivity index (χ0) is 22.6. The minimum absolute atomic E-state index is 0.503. The fourth-order valence-electron chi connectivity index (χ4n) is 3.76. The third-order valence-corrected chi connectivity index (χ3v) is 5.37. The van der Waals surface area contributed by atoms with E-state index >= 15 is 0 Å². The number of fused-ring (bicyclic) bond motifs is 1. The molecule has 3 rings (SSSR count). The van der Waals surface area contributed by atoms with Gasteiger partial charge in [-0.15, -0.1) is 0 Å². The highest BCUT2D eigenvalue weighted by atomic mass is 35.5. The number of halogens is 1. The van der Waals surface area contributed by atoms with Crippen molar-refractivity contribution in [3.63, 3.8) is 0 Å². The molecule has 1 N–H and O–H groups in total. The molecule has 0 saturated heterocycles. The minimum Gasteiger partial charge on any atom is -0.444 e. The number of ether oxygens (including phenoxy) is 1. The van der Waals surface area contributed by atoms with Crippen molar-refractivity contribution in [1.82, 2.24) is 4.57 Å². The quantitative estimate of drug-likeness (QED) is 0.444. The maximum atomic E-state index is 12.3. The predicted octanol–water partition coefficient (Wildman–Crippen LogP) is 6.88. The summed E-state index contributed by atoms with van der Waals surface area (Å²) in [5.74, 6) is 0. The van der Waals surface area contributed by atoms with Gasteiger partial charge in [0.25, 0.3) is 0 Å². The van der Waals surface area contributed by atoms with Crippen molar-refractivity contribution in [2.75, 3.05) is 5.32 Å². The highest BCUT2D eigenvalue weighted by Gasteiger charge is 2.31. The normalized spacial score (nSPS) is 13.7. The lowest BCUT2D eigenvalue weighted by molar-refractivity contribution is 0.0636. The van der Waals surface area contributed by atoms with Crippen LogP contribution in [0, 0.1) is 11.3 Å². The van der Waals surface area contributed by atoms with Gasteiger partial charge in [-0.2, -0.15) is 5.26 Å². The number of hydrogen-bond donors (Lipinski definition) is 1. The van der Waals surface area contributed by atoms with E-state index in [-0.39, 0.29) is 0 Å². The van der Waals surface area contributed by atoms with Gasteiger partial charge in [0.05, 0.1) is 22.8 Å². The van der Waals surface area contributed by atoms with Crippen LogP contribution in [0.1, 0.15) is 39.7 Å². The smallest absolute Gasteiger partial charge is 0.412 e. The van der Waals surface area contributed by atoms with Crippen LogP contribution in [0.25, 0.3) is 10.9 Å². The maximum Gasteiger partial charge on any atom is 0.412 e. The Kier molecular flexibility index (Phi) is 6.42. The molecule has 0 aliphatic heterocycles. The van der Waals surface area contributed by atoms with Crippen LogP contribution >= 0.6 is 11.6 Å². The fraction of sp³-hybridized carbons (Fsp3) is 0.280. The van der Waals surface area contributed by atoms with Gasteiger partial charge in [0.15, 0.2) is 0 Å². The van der Waals surface area contributed by atoms with Crippen molar-refractivity contribution in [3.8, 4) is 6.07 Å². The summed E-state index contributed by atoms with van der Waals surface area (Å²) in [4.78, 5) is 12.3. The first-order chi connectivity index (χ1) is 14.7. The summed E-state index contributed by atoms with van der Waals surface area (Å²) < 4.78 is 7.53. The molecule has 6 heteroatoms. The number of allylic oxidation sites excluding steroid dienone is 2. The van der Waals surface area contributed by atoms with Crippen LogP contribution < -0.4 is 5.32 Å². The third kappa shape index (κ3) is 4.76. The molecule has 1 atom stereocenters. The van der Waals surface area contributed by atoms with Crippen molar-refractivity contribution in [1.29, 1.82) is 5.26 Å². The fourth-order valence-corrected chi connectivity index (χ4v) is 3.89. The molecule has 31 heavy (non-hydrogen) atoms. The molecule has 0 saturated carbocycles. The second-order valence-electron chi connectivity index (χ2n) is 8.30. The molecular formula is C25H26ClN3O2. The van der Waals surface area contributed by atoms with E-state index in [1.54, 1.807) is 0 Å². The average Bonchev–Trinajstić information content (AvgIpc) is 3.14. The lowest BCUT2D eigenvalue weighted by Gasteiger charge is -2.33. The number of aromatic nitrogens is 1. The largest absolute Gasteiger partial charge is 0.444 e.